The molecule has 59 valence electrons. The normalized spacial score (nSPS) is 10.5. The average molecular weight is 148 g/mol. The summed E-state index contributed by atoms with van der Waals surface area (Å²) in [5, 5.41) is 3.33. The molecule has 0 bridgehead atoms. The summed E-state index contributed by atoms with van der Waals surface area (Å²) in [6.07, 6.45) is 0. The van der Waals surface area contributed by atoms with Gasteiger partial charge in [-0.1, -0.05) is 38.1 Å². The van der Waals surface area contributed by atoms with Gasteiger partial charge in [0, 0.05) is 12.6 Å². The Morgan fingerprint density at radius 1 is 1.45 bits per heavy atom. The van der Waals surface area contributed by atoms with Gasteiger partial charge < -0.3 is 5.32 Å². The van der Waals surface area contributed by atoms with Crippen molar-refractivity contribution < 1.29 is 0 Å². The van der Waals surface area contributed by atoms with Crippen LogP contribution in [0.1, 0.15) is 19.4 Å². The Balaban J connectivity index is 2.39. The first kappa shape index (κ1) is 8.28. The smallest absolute Gasteiger partial charge is 0.0214 e. The number of benzene rings is 1. The van der Waals surface area contributed by atoms with Crippen LogP contribution in [0.5, 0.6) is 0 Å². The summed E-state index contributed by atoms with van der Waals surface area (Å²) in [4.78, 5) is 0. The third-order valence-corrected chi connectivity index (χ3v) is 1.47. The fourth-order valence-corrected chi connectivity index (χ4v) is 0.855. The van der Waals surface area contributed by atoms with Crippen LogP contribution in [-0.2, 0) is 6.54 Å². The van der Waals surface area contributed by atoms with E-state index in [1.807, 2.05) is 18.2 Å². The standard InChI is InChI=1S/C10H14N/c1-9(2)11-8-10-6-4-3-5-7-10/h3-6,9,11H,8H2,1-2H3. The Morgan fingerprint density at radius 3 is 2.82 bits per heavy atom. The highest BCUT2D eigenvalue weighted by Crippen LogP contribution is 1.96. The second-order valence-corrected chi connectivity index (χ2v) is 2.92. The van der Waals surface area contributed by atoms with E-state index in [1.54, 1.807) is 0 Å². The molecule has 0 amide bonds. The zero-order valence-corrected chi connectivity index (χ0v) is 7.09. The van der Waals surface area contributed by atoms with E-state index in [0.717, 1.165) is 6.54 Å². The number of hydrogen-bond donors (Lipinski definition) is 1. The molecular formula is C10H14N. The Morgan fingerprint density at radius 2 is 2.27 bits per heavy atom. The molecule has 0 aromatic heterocycles. The van der Waals surface area contributed by atoms with E-state index >= 15 is 0 Å². The van der Waals surface area contributed by atoms with Crippen LogP contribution in [0, 0.1) is 6.07 Å². The molecule has 1 aromatic rings. The van der Waals surface area contributed by atoms with Crippen molar-refractivity contribution in [3.8, 4) is 0 Å². The second kappa shape index (κ2) is 4.14. The van der Waals surface area contributed by atoms with E-state index in [4.69, 9.17) is 0 Å². The van der Waals surface area contributed by atoms with Gasteiger partial charge in [0.1, 0.15) is 0 Å². The fourth-order valence-electron chi connectivity index (χ4n) is 0.855. The summed E-state index contributed by atoms with van der Waals surface area (Å²) < 4.78 is 0. The van der Waals surface area contributed by atoms with Crippen molar-refractivity contribution in [3.05, 3.63) is 35.9 Å². The molecule has 0 saturated carbocycles. The molecule has 0 unspecified atom stereocenters. The molecule has 1 aromatic carbocycles. The lowest BCUT2D eigenvalue weighted by atomic mass is 10.2. The lowest BCUT2D eigenvalue weighted by molar-refractivity contribution is 0.588. The van der Waals surface area contributed by atoms with Crippen LogP contribution in [0.15, 0.2) is 24.3 Å². The topological polar surface area (TPSA) is 12.0 Å². The zero-order chi connectivity index (χ0) is 8.10. The van der Waals surface area contributed by atoms with E-state index in [0.29, 0.717) is 6.04 Å². The molecule has 11 heavy (non-hydrogen) atoms. The van der Waals surface area contributed by atoms with E-state index < -0.39 is 0 Å². The van der Waals surface area contributed by atoms with Gasteiger partial charge in [-0.2, -0.15) is 0 Å². The van der Waals surface area contributed by atoms with Crippen LogP contribution >= 0.6 is 0 Å². The second-order valence-electron chi connectivity index (χ2n) is 2.92. The minimum absolute atomic E-state index is 0.545. The van der Waals surface area contributed by atoms with E-state index in [2.05, 4.69) is 31.3 Å². The monoisotopic (exact) mass is 148 g/mol. The highest BCUT2D eigenvalue weighted by atomic mass is 14.9. The van der Waals surface area contributed by atoms with Crippen LogP contribution in [0.2, 0.25) is 0 Å². The molecule has 1 rings (SSSR count). The van der Waals surface area contributed by atoms with Crippen molar-refractivity contribution in [2.45, 2.75) is 26.4 Å². The molecule has 0 saturated heterocycles. The predicted molar refractivity (Wildman–Crippen MR) is 47.3 cm³/mol. The van der Waals surface area contributed by atoms with Gasteiger partial charge in [-0.3, -0.25) is 0 Å². The summed E-state index contributed by atoms with van der Waals surface area (Å²) in [5.74, 6) is 0. The van der Waals surface area contributed by atoms with E-state index in [-0.39, 0.29) is 0 Å². The van der Waals surface area contributed by atoms with Gasteiger partial charge >= 0.3 is 0 Å². The van der Waals surface area contributed by atoms with Gasteiger partial charge in [-0.25, -0.2) is 0 Å². The number of hydrogen-bond acceptors (Lipinski definition) is 1. The highest BCUT2D eigenvalue weighted by Gasteiger charge is 1.92. The third kappa shape index (κ3) is 3.19. The van der Waals surface area contributed by atoms with Crippen molar-refractivity contribution in [2.75, 3.05) is 0 Å². The molecule has 0 aliphatic heterocycles. The van der Waals surface area contributed by atoms with Crippen LogP contribution in [-0.4, -0.2) is 6.04 Å². The van der Waals surface area contributed by atoms with Crippen LogP contribution in [0.3, 0.4) is 0 Å². The number of nitrogens with one attached hydrogen (secondary N) is 1. The lowest BCUT2D eigenvalue weighted by Crippen LogP contribution is -2.21. The van der Waals surface area contributed by atoms with Crippen molar-refractivity contribution in [1.82, 2.24) is 5.32 Å². The molecular weight excluding hydrogens is 134 g/mol. The summed E-state index contributed by atoms with van der Waals surface area (Å²) in [6, 6.07) is 11.7. The summed E-state index contributed by atoms with van der Waals surface area (Å²) in [6.45, 7) is 5.20. The Hall–Kier alpha value is -0.820. The summed E-state index contributed by atoms with van der Waals surface area (Å²) >= 11 is 0. The maximum atomic E-state index is 3.33. The molecule has 1 nitrogen and oxygen atoms in total. The third-order valence-electron chi connectivity index (χ3n) is 1.47. The van der Waals surface area contributed by atoms with Crippen molar-refractivity contribution in [1.29, 1.82) is 0 Å². The molecule has 0 fully saturated rings. The quantitative estimate of drug-likeness (QED) is 0.691. The summed E-state index contributed by atoms with van der Waals surface area (Å²) in [5.41, 5.74) is 1.22. The molecule has 0 atom stereocenters. The predicted octanol–water partition coefficient (Wildman–Crippen LogP) is 1.98. The van der Waals surface area contributed by atoms with E-state index in [1.165, 1.54) is 5.56 Å². The van der Waals surface area contributed by atoms with Crippen LogP contribution < -0.4 is 5.32 Å². The van der Waals surface area contributed by atoms with Crippen LogP contribution in [0.4, 0.5) is 0 Å². The average Bonchev–Trinajstić information content (AvgIpc) is 2.03. The zero-order valence-electron chi connectivity index (χ0n) is 7.09. The molecule has 0 heterocycles. The molecule has 1 heteroatoms. The Bertz CT molecular complexity index is 191. The van der Waals surface area contributed by atoms with Crippen molar-refractivity contribution >= 4 is 0 Å². The number of rotatable bonds is 3. The molecule has 0 aliphatic rings. The maximum absolute atomic E-state index is 3.33. The first-order valence-electron chi connectivity index (χ1n) is 3.98. The maximum Gasteiger partial charge on any atom is 0.0214 e. The Kier molecular flexibility index (Phi) is 3.12. The van der Waals surface area contributed by atoms with E-state index in [9.17, 15) is 0 Å². The van der Waals surface area contributed by atoms with Gasteiger partial charge in [0.2, 0.25) is 0 Å². The van der Waals surface area contributed by atoms with Gasteiger partial charge in [0.05, 0.1) is 0 Å². The van der Waals surface area contributed by atoms with Crippen molar-refractivity contribution in [3.63, 3.8) is 0 Å². The van der Waals surface area contributed by atoms with Crippen molar-refractivity contribution in [2.24, 2.45) is 0 Å². The highest BCUT2D eigenvalue weighted by molar-refractivity contribution is 5.12. The SMILES string of the molecule is CC(C)NCc1[c]cccc1. The molecule has 1 radical (unpaired) electrons. The van der Waals surface area contributed by atoms with Crippen LogP contribution in [0.25, 0.3) is 0 Å². The first-order chi connectivity index (χ1) is 5.29. The van der Waals surface area contributed by atoms with Gasteiger partial charge in [0.25, 0.3) is 0 Å². The minimum atomic E-state index is 0.545. The lowest BCUT2D eigenvalue weighted by Gasteiger charge is -2.06. The van der Waals surface area contributed by atoms with Gasteiger partial charge in [-0.05, 0) is 11.6 Å². The first-order valence-corrected chi connectivity index (χ1v) is 3.98. The molecule has 1 N–H and O–H groups in total. The van der Waals surface area contributed by atoms with Gasteiger partial charge in [-0.15, -0.1) is 0 Å². The molecule has 0 aliphatic carbocycles. The molecule has 0 spiro atoms. The Labute approximate surface area is 68.4 Å². The largest absolute Gasteiger partial charge is 0.310 e. The minimum Gasteiger partial charge on any atom is -0.310 e. The summed E-state index contributed by atoms with van der Waals surface area (Å²) in [7, 11) is 0. The van der Waals surface area contributed by atoms with Gasteiger partial charge in [0.15, 0.2) is 0 Å². The fraction of sp³-hybridized carbons (Fsp3) is 0.400.